The first-order chi connectivity index (χ1) is 10.2. The molecule has 0 saturated heterocycles. The van der Waals surface area contributed by atoms with Gasteiger partial charge in [0.15, 0.2) is 0 Å². The van der Waals surface area contributed by atoms with E-state index in [2.05, 4.69) is 10.3 Å². The molecule has 2 N–H and O–H groups in total. The molecule has 0 aliphatic carbocycles. The van der Waals surface area contributed by atoms with Gasteiger partial charge in [-0.1, -0.05) is 6.07 Å². The van der Waals surface area contributed by atoms with Gasteiger partial charge >= 0.3 is 0 Å². The Balaban J connectivity index is 1.68. The first-order valence-electron chi connectivity index (χ1n) is 6.74. The lowest BCUT2D eigenvalue weighted by Gasteiger charge is -2.13. The highest BCUT2D eigenvalue weighted by molar-refractivity contribution is 5.32. The summed E-state index contributed by atoms with van der Waals surface area (Å²) >= 11 is 0. The normalized spacial score (nSPS) is 12.1. The Bertz CT molecular complexity index is 556. The monoisotopic (exact) mass is 292 g/mol. The van der Waals surface area contributed by atoms with Crippen LogP contribution in [0.25, 0.3) is 0 Å². The SMILES string of the molecule is COc1cccc(OCC(O)CNCc2ncc(C)o2)c1. The summed E-state index contributed by atoms with van der Waals surface area (Å²) in [5.74, 6) is 2.76. The van der Waals surface area contributed by atoms with Crippen molar-refractivity contribution < 1.29 is 19.0 Å². The summed E-state index contributed by atoms with van der Waals surface area (Å²) < 4.78 is 15.9. The average molecular weight is 292 g/mol. The zero-order chi connectivity index (χ0) is 15.1. The average Bonchev–Trinajstić information content (AvgIpc) is 2.91. The molecule has 1 aromatic carbocycles. The quantitative estimate of drug-likeness (QED) is 0.768. The molecular formula is C15H20N2O4. The van der Waals surface area contributed by atoms with Gasteiger partial charge in [-0.15, -0.1) is 0 Å². The number of hydrogen-bond acceptors (Lipinski definition) is 6. The van der Waals surface area contributed by atoms with Crippen LogP contribution in [0.2, 0.25) is 0 Å². The van der Waals surface area contributed by atoms with Crippen molar-refractivity contribution in [1.82, 2.24) is 10.3 Å². The molecule has 0 fully saturated rings. The lowest BCUT2D eigenvalue weighted by Crippen LogP contribution is -2.31. The summed E-state index contributed by atoms with van der Waals surface area (Å²) in [6.45, 7) is 2.91. The fourth-order valence-corrected chi connectivity index (χ4v) is 1.77. The minimum atomic E-state index is -0.618. The van der Waals surface area contributed by atoms with Crippen LogP contribution in [0.15, 0.2) is 34.9 Å². The molecule has 0 amide bonds. The zero-order valence-electron chi connectivity index (χ0n) is 12.2. The molecule has 114 valence electrons. The second-order valence-corrected chi connectivity index (χ2v) is 4.64. The van der Waals surface area contributed by atoms with Gasteiger partial charge in [0, 0.05) is 12.6 Å². The van der Waals surface area contributed by atoms with Crippen molar-refractivity contribution in [2.75, 3.05) is 20.3 Å². The van der Waals surface area contributed by atoms with E-state index in [1.54, 1.807) is 19.4 Å². The predicted octanol–water partition coefficient (Wildman–Crippen LogP) is 1.52. The van der Waals surface area contributed by atoms with Crippen LogP contribution in [0.3, 0.4) is 0 Å². The lowest BCUT2D eigenvalue weighted by atomic mass is 10.3. The molecule has 1 aromatic heterocycles. The molecule has 0 saturated carbocycles. The van der Waals surface area contributed by atoms with Crippen molar-refractivity contribution >= 4 is 0 Å². The summed E-state index contributed by atoms with van der Waals surface area (Å²) in [6.07, 6.45) is 1.05. The van der Waals surface area contributed by atoms with Crippen LogP contribution in [0.5, 0.6) is 11.5 Å². The van der Waals surface area contributed by atoms with Crippen LogP contribution >= 0.6 is 0 Å². The maximum absolute atomic E-state index is 9.85. The molecular weight excluding hydrogens is 272 g/mol. The van der Waals surface area contributed by atoms with Crippen molar-refractivity contribution in [3.05, 3.63) is 42.1 Å². The number of methoxy groups -OCH3 is 1. The number of aromatic nitrogens is 1. The van der Waals surface area contributed by atoms with Gasteiger partial charge in [-0.25, -0.2) is 4.98 Å². The largest absolute Gasteiger partial charge is 0.497 e. The van der Waals surface area contributed by atoms with Crippen LogP contribution in [-0.4, -0.2) is 36.5 Å². The number of ether oxygens (including phenoxy) is 2. The number of hydrogen-bond donors (Lipinski definition) is 2. The lowest BCUT2D eigenvalue weighted by molar-refractivity contribution is 0.105. The van der Waals surface area contributed by atoms with Crippen LogP contribution in [0.1, 0.15) is 11.7 Å². The Morgan fingerprint density at radius 2 is 2.19 bits per heavy atom. The summed E-state index contributed by atoms with van der Waals surface area (Å²) in [6, 6.07) is 7.26. The molecule has 6 nitrogen and oxygen atoms in total. The Labute approximate surface area is 123 Å². The fraction of sp³-hybridized carbons (Fsp3) is 0.400. The van der Waals surface area contributed by atoms with Crippen molar-refractivity contribution in [2.24, 2.45) is 0 Å². The zero-order valence-corrected chi connectivity index (χ0v) is 12.2. The molecule has 0 aliphatic rings. The van der Waals surface area contributed by atoms with Crippen molar-refractivity contribution in [3.8, 4) is 11.5 Å². The summed E-state index contributed by atoms with van der Waals surface area (Å²) in [5, 5.41) is 12.9. The van der Waals surface area contributed by atoms with Gasteiger partial charge in [0.25, 0.3) is 0 Å². The standard InChI is InChI=1S/C15H20N2O4/c1-11-7-17-15(21-11)9-16-8-12(18)10-20-14-5-3-4-13(6-14)19-2/h3-7,12,16,18H,8-10H2,1-2H3. The second-order valence-electron chi connectivity index (χ2n) is 4.64. The number of rotatable bonds is 8. The maximum Gasteiger partial charge on any atom is 0.208 e. The van der Waals surface area contributed by atoms with E-state index in [4.69, 9.17) is 13.9 Å². The van der Waals surface area contributed by atoms with Crippen LogP contribution < -0.4 is 14.8 Å². The molecule has 0 aliphatic heterocycles. The van der Waals surface area contributed by atoms with Crippen LogP contribution in [0, 0.1) is 6.92 Å². The molecule has 0 bridgehead atoms. The van der Waals surface area contributed by atoms with Gasteiger partial charge < -0.3 is 24.3 Å². The highest BCUT2D eigenvalue weighted by atomic mass is 16.5. The third-order valence-electron chi connectivity index (χ3n) is 2.81. The minimum absolute atomic E-state index is 0.199. The molecule has 2 rings (SSSR count). The summed E-state index contributed by atoms with van der Waals surface area (Å²) in [7, 11) is 1.60. The van der Waals surface area contributed by atoms with Gasteiger partial charge in [-0.2, -0.15) is 0 Å². The number of aliphatic hydroxyl groups excluding tert-OH is 1. The van der Waals surface area contributed by atoms with E-state index in [-0.39, 0.29) is 6.61 Å². The summed E-state index contributed by atoms with van der Waals surface area (Å²) in [5.41, 5.74) is 0. The third-order valence-corrected chi connectivity index (χ3v) is 2.81. The Morgan fingerprint density at radius 3 is 2.90 bits per heavy atom. The maximum atomic E-state index is 9.85. The van der Waals surface area contributed by atoms with E-state index in [1.807, 2.05) is 25.1 Å². The molecule has 1 atom stereocenters. The number of aryl methyl sites for hydroxylation is 1. The van der Waals surface area contributed by atoms with Crippen LogP contribution in [-0.2, 0) is 6.54 Å². The molecule has 0 spiro atoms. The highest BCUT2D eigenvalue weighted by Gasteiger charge is 2.07. The van der Waals surface area contributed by atoms with Crippen molar-refractivity contribution in [1.29, 1.82) is 0 Å². The smallest absolute Gasteiger partial charge is 0.208 e. The minimum Gasteiger partial charge on any atom is -0.497 e. The van der Waals surface area contributed by atoms with Crippen molar-refractivity contribution in [3.63, 3.8) is 0 Å². The molecule has 6 heteroatoms. The van der Waals surface area contributed by atoms with Crippen LogP contribution in [0.4, 0.5) is 0 Å². The number of aliphatic hydroxyl groups is 1. The predicted molar refractivity (Wildman–Crippen MR) is 77.4 cm³/mol. The van der Waals surface area contributed by atoms with E-state index in [0.29, 0.717) is 24.7 Å². The number of oxazole rings is 1. The second kappa shape index (κ2) is 7.66. The van der Waals surface area contributed by atoms with Gasteiger partial charge in [0.2, 0.25) is 5.89 Å². The van der Waals surface area contributed by atoms with Gasteiger partial charge in [0.1, 0.15) is 30.0 Å². The number of benzene rings is 1. The van der Waals surface area contributed by atoms with E-state index in [9.17, 15) is 5.11 Å². The summed E-state index contributed by atoms with van der Waals surface area (Å²) in [4.78, 5) is 4.07. The topological polar surface area (TPSA) is 76.8 Å². The van der Waals surface area contributed by atoms with Crippen molar-refractivity contribution in [2.45, 2.75) is 19.6 Å². The van der Waals surface area contributed by atoms with E-state index in [1.165, 1.54) is 0 Å². The Kier molecular flexibility index (Phi) is 5.59. The molecule has 0 radical (unpaired) electrons. The fourth-order valence-electron chi connectivity index (χ4n) is 1.77. The van der Waals surface area contributed by atoms with Gasteiger partial charge in [-0.3, -0.25) is 0 Å². The third kappa shape index (κ3) is 5.09. The molecule has 1 heterocycles. The molecule has 21 heavy (non-hydrogen) atoms. The molecule has 2 aromatic rings. The Morgan fingerprint density at radius 1 is 1.38 bits per heavy atom. The molecule has 1 unspecified atom stereocenters. The first-order valence-corrected chi connectivity index (χ1v) is 6.74. The van der Waals surface area contributed by atoms with Gasteiger partial charge in [0.05, 0.1) is 19.9 Å². The van der Waals surface area contributed by atoms with E-state index < -0.39 is 6.10 Å². The first kappa shape index (κ1) is 15.3. The van der Waals surface area contributed by atoms with E-state index >= 15 is 0 Å². The number of nitrogens with one attached hydrogen (secondary N) is 1. The van der Waals surface area contributed by atoms with E-state index in [0.717, 1.165) is 11.5 Å². The Hall–Kier alpha value is -2.05. The number of nitrogens with zero attached hydrogens (tertiary/aromatic N) is 1. The van der Waals surface area contributed by atoms with Gasteiger partial charge in [-0.05, 0) is 19.1 Å². The highest BCUT2D eigenvalue weighted by Crippen LogP contribution is 2.18.